The Hall–Kier alpha value is -2.40. The van der Waals surface area contributed by atoms with Crippen molar-refractivity contribution in [3.63, 3.8) is 0 Å². The molecule has 6 heteroatoms. The highest BCUT2D eigenvalue weighted by molar-refractivity contribution is 6.31. The standard InChI is InChI=1S/C16H13ClN2O3/c17-11-6-7-13(15(9-11)19(21)22)16(20)18-14-8-5-10-3-1-2-4-12(10)14/h1-4,6-7,9,14H,5,8H2,(H,18,20). The Morgan fingerprint density at radius 3 is 2.82 bits per heavy atom. The van der Waals surface area contributed by atoms with Crippen LogP contribution in [0.15, 0.2) is 42.5 Å². The van der Waals surface area contributed by atoms with Crippen LogP contribution in [0, 0.1) is 10.1 Å². The van der Waals surface area contributed by atoms with E-state index in [1.807, 2.05) is 24.3 Å². The minimum absolute atomic E-state index is 0.0266. The largest absolute Gasteiger partial charge is 0.345 e. The number of carbonyl (C=O) groups excluding carboxylic acids is 1. The fourth-order valence-electron chi connectivity index (χ4n) is 2.79. The summed E-state index contributed by atoms with van der Waals surface area (Å²) in [4.78, 5) is 22.9. The number of hydrogen-bond donors (Lipinski definition) is 1. The molecular formula is C16H13ClN2O3. The normalized spacial score (nSPS) is 16.1. The minimum Gasteiger partial charge on any atom is -0.345 e. The highest BCUT2D eigenvalue weighted by Gasteiger charge is 2.27. The van der Waals surface area contributed by atoms with Crippen molar-refractivity contribution in [3.8, 4) is 0 Å². The van der Waals surface area contributed by atoms with Crippen LogP contribution in [0.3, 0.4) is 0 Å². The smallest absolute Gasteiger partial charge is 0.283 e. The van der Waals surface area contributed by atoms with Crippen LogP contribution in [0.1, 0.15) is 33.9 Å². The van der Waals surface area contributed by atoms with Crippen LogP contribution in [0.25, 0.3) is 0 Å². The fraction of sp³-hybridized carbons (Fsp3) is 0.188. The molecule has 0 saturated carbocycles. The lowest BCUT2D eigenvalue weighted by Crippen LogP contribution is -2.27. The number of benzene rings is 2. The highest BCUT2D eigenvalue weighted by atomic mass is 35.5. The van der Waals surface area contributed by atoms with Crippen molar-refractivity contribution in [1.29, 1.82) is 0 Å². The quantitative estimate of drug-likeness (QED) is 0.693. The average molecular weight is 317 g/mol. The molecule has 0 heterocycles. The van der Waals surface area contributed by atoms with Gasteiger partial charge in [0.1, 0.15) is 5.56 Å². The maximum atomic E-state index is 12.4. The first kappa shape index (κ1) is 14.5. The first-order chi connectivity index (χ1) is 10.6. The second-order valence-corrected chi connectivity index (χ2v) is 5.62. The van der Waals surface area contributed by atoms with Gasteiger partial charge in [0, 0.05) is 11.1 Å². The highest BCUT2D eigenvalue weighted by Crippen LogP contribution is 2.31. The molecule has 0 aromatic heterocycles. The van der Waals surface area contributed by atoms with Gasteiger partial charge < -0.3 is 5.32 Å². The zero-order chi connectivity index (χ0) is 15.7. The van der Waals surface area contributed by atoms with Gasteiger partial charge in [0.2, 0.25) is 0 Å². The zero-order valence-electron chi connectivity index (χ0n) is 11.6. The molecule has 1 N–H and O–H groups in total. The predicted molar refractivity (Wildman–Crippen MR) is 83.1 cm³/mol. The van der Waals surface area contributed by atoms with E-state index < -0.39 is 10.8 Å². The fourth-order valence-corrected chi connectivity index (χ4v) is 2.96. The molecule has 5 nitrogen and oxygen atoms in total. The van der Waals surface area contributed by atoms with Gasteiger partial charge in [0.05, 0.1) is 11.0 Å². The lowest BCUT2D eigenvalue weighted by atomic mass is 10.1. The number of fused-ring (bicyclic) bond motifs is 1. The van der Waals surface area contributed by atoms with Crippen molar-refractivity contribution in [2.75, 3.05) is 0 Å². The second-order valence-electron chi connectivity index (χ2n) is 5.18. The number of nitro groups is 1. The molecule has 1 unspecified atom stereocenters. The maximum Gasteiger partial charge on any atom is 0.283 e. The van der Waals surface area contributed by atoms with Crippen LogP contribution in [0.5, 0.6) is 0 Å². The molecule has 0 fully saturated rings. The molecule has 1 aliphatic rings. The van der Waals surface area contributed by atoms with E-state index in [1.165, 1.54) is 23.8 Å². The summed E-state index contributed by atoms with van der Waals surface area (Å²) in [6.45, 7) is 0. The van der Waals surface area contributed by atoms with Gasteiger partial charge in [0.25, 0.3) is 11.6 Å². The topological polar surface area (TPSA) is 72.2 Å². The first-order valence-corrected chi connectivity index (χ1v) is 7.26. The van der Waals surface area contributed by atoms with Gasteiger partial charge in [-0.05, 0) is 36.1 Å². The van der Waals surface area contributed by atoms with Crippen LogP contribution in [0.4, 0.5) is 5.69 Å². The van der Waals surface area contributed by atoms with Crippen molar-refractivity contribution in [2.45, 2.75) is 18.9 Å². The van der Waals surface area contributed by atoms with Gasteiger partial charge in [-0.25, -0.2) is 0 Å². The summed E-state index contributed by atoms with van der Waals surface area (Å²) < 4.78 is 0. The molecule has 22 heavy (non-hydrogen) atoms. The summed E-state index contributed by atoms with van der Waals surface area (Å²) in [6.07, 6.45) is 1.69. The maximum absolute atomic E-state index is 12.4. The Balaban J connectivity index is 1.86. The summed E-state index contributed by atoms with van der Waals surface area (Å²) in [6, 6.07) is 11.8. The molecule has 1 atom stereocenters. The third-order valence-corrected chi connectivity index (χ3v) is 4.07. The molecule has 2 aromatic rings. The summed E-state index contributed by atoms with van der Waals surface area (Å²) in [5.41, 5.74) is 2.03. The third kappa shape index (κ3) is 2.67. The minimum atomic E-state index is -0.594. The molecule has 3 rings (SSSR count). The van der Waals surface area contributed by atoms with Crippen molar-refractivity contribution in [1.82, 2.24) is 5.32 Å². The zero-order valence-corrected chi connectivity index (χ0v) is 12.3. The Bertz CT molecular complexity index is 761. The predicted octanol–water partition coefficient (Wildman–Crippen LogP) is 3.67. The van der Waals surface area contributed by atoms with Crippen molar-refractivity contribution < 1.29 is 9.72 Å². The van der Waals surface area contributed by atoms with E-state index in [0.717, 1.165) is 18.4 Å². The molecule has 112 valence electrons. The lowest BCUT2D eigenvalue weighted by molar-refractivity contribution is -0.385. The molecule has 0 bridgehead atoms. The Kier molecular flexibility index (Phi) is 3.81. The van der Waals surface area contributed by atoms with Crippen LogP contribution >= 0.6 is 11.6 Å². The van der Waals surface area contributed by atoms with Gasteiger partial charge >= 0.3 is 0 Å². The van der Waals surface area contributed by atoms with Crippen LogP contribution < -0.4 is 5.32 Å². The van der Waals surface area contributed by atoms with E-state index in [1.54, 1.807) is 0 Å². The Morgan fingerprint density at radius 1 is 1.27 bits per heavy atom. The molecule has 0 radical (unpaired) electrons. The first-order valence-electron chi connectivity index (χ1n) is 6.89. The number of aryl methyl sites for hydroxylation is 1. The Labute approximate surface area is 132 Å². The molecule has 1 amide bonds. The summed E-state index contributed by atoms with van der Waals surface area (Å²) in [5, 5.41) is 14.2. The van der Waals surface area contributed by atoms with Gasteiger partial charge in [-0.2, -0.15) is 0 Å². The van der Waals surface area contributed by atoms with E-state index >= 15 is 0 Å². The van der Waals surface area contributed by atoms with E-state index in [4.69, 9.17) is 11.6 Å². The SMILES string of the molecule is O=C(NC1CCc2ccccc21)c1ccc(Cl)cc1[N+](=O)[O-]. The van der Waals surface area contributed by atoms with Gasteiger partial charge in [0.15, 0.2) is 0 Å². The Morgan fingerprint density at radius 2 is 2.05 bits per heavy atom. The average Bonchev–Trinajstić information content (AvgIpc) is 2.90. The van der Waals surface area contributed by atoms with Crippen LogP contribution in [-0.2, 0) is 6.42 Å². The number of halogens is 1. The number of nitro benzene ring substituents is 1. The van der Waals surface area contributed by atoms with Crippen LogP contribution in [-0.4, -0.2) is 10.8 Å². The molecule has 0 aliphatic heterocycles. The molecule has 1 aliphatic carbocycles. The van der Waals surface area contributed by atoms with Crippen molar-refractivity contribution in [2.24, 2.45) is 0 Å². The van der Waals surface area contributed by atoms with Crippen molar-refractivity contribution >= 4 is 23.2 Å². The molecule has 0 spiro atoms. The number of amides is 1. The summed E-state index contributed by atoms with van der Waals surface area (Å²) >= 11 is 5.77. The van der Waals surface area contributed by atoms with Crippen LogP contribution in [0.2, 0.25) is 5.02 Å². The summed E-state index contributed by atoms with van der Waals surface area (Å²) in [7, 11) is 0. The van der Waals surface area contributed by atoms with Gasteiger partial charge in [-0.3, -0.25) is 14.9 Å². The second kappa shape index (κ2) is 5.77. The van der Waals surface area contributed by atoms with E-state index in [-0.39, 0.29) is 22.3 Å². The third-order valence-electron chi connectivity index (χ3n) is 3.84. The van der Waals surface area contributed by atoms with Gasteiger partial charge in [-0.1, -0.05) is 35.9 Å². The summed E-state index contributed by atoms with van der Waals surface area (Å²) in [5.74, 6) is -0.454. The van der Waals surface area contributed by atoms with Crippen molar-refractivity contribution in [3.05, 3.63) is 74.3 Å². The lowest BCUT2D eigenvalue weighted by Gasteiger charge is -2.14. The number of nitrogens with zero attached hydrogens (tertiary/aromatic N) is 1. The number of hydrogen-bond acceptors (Lipinski definition) is 3. The monoisotopic (exact) mass is 316 g/mol. The molecule has 2 aromatic carbocycles. The number of nitrogens with one attached hydrogen (secondary N) is 1. The van der Waals surface area contributed by atoms with Gasteiger partial charge in [-0.15, -0.1) is 0 Å². The number of carbonyl (C=O) groups is 1. The number of rotatable bonds is 3. The van der Waals surface area contributed by atoms with E-state index in [9.17, 15) is 14.9 Å². The van der Waals surface area contributed by atoms with E-state index in [2.05, 4.69) is 5.32 Å². The molecular weight excluding hydrogens is 304 g/mol. The molecule has 0 saturated heterocycles. The van der Waals surface area contributed by atoms with E-state index in [0.29, 0.717) is 0 Å².